The highest BCUT2D eigenvalue weighted by Crippen LogP contribution is 2.39. The second kappa shape index (κ2) is 9.42. The third-order valence-electron chi connectivity index (χ3n) is 5.04. The fourth-order valence-corrected chi connectivity index (χ4v) is 4.40. The largest absolute Gasteiger partial charge is 0.396 e. The maximum Gasteiger partial charge on any atom is 0.272 e. The van der Waals surface area contributed by atoms with E-state index in [9.17, 15) is 14.7 Å². The zero-order valence-electron chi connectivity index (χ0n) is 17.2. The number of rotatable bonds is 8. The Labute approximate surface area is 176 Å². The Morgan fingerprint density at radius 1 is 1.00 bits per heavy atom. The predicted octanol–water partition coefficient (Wildman–Crippen LogP) is 4.66. The van der Waals surface area contributed by atoms with Gasteiger partial charge < -0.3 is 5.11 Å². The topological polar surface area (TPSA) is 57.6 Å². The van der Waals surface area contributed by atoms with Crippen molar-refractivity contribution in [2.24, 2.45) is 0 Å². The molecule has 0 atom stereocenters. The minimum Gasteiger partial charge on any atom is -0.396 e. The fraction of sp³-hybridized carbons (Fsp3) is 0.333. The lowest BCUT2D eigenvalue weighted by atomic mass is 9.98. The number of hydrogen-bond donors (Lipinski definition) is 1. The molecule has 0 saturated heterocycles. The van der Waals surface area contributed by atoms with Gasteiger partial charge in [-0.25, -0.2) is 4.90 Å². The number of unbranched alkanes of at least 4 members (excludes halogenated alkanes) is 1. The molecule has 1 aliphatic rings. The van der Waals surface area contributed by atoms with Gasteiger partial charge in [0.2, 0.25) is 0 Å². The molecular formula is C24H27NO3S. The van der Waals surface area contributed by atoms with Gasteiger partial charge in [-0.1, -0.05) is 49.2 Å². The number of carbonyl (C=O) groups excluding carboxylic acids is 2. The molecule has 1 N–H and O–H groups in total. The Balaban J connectivity index is 1.99. The fourth-order valence-electron chi connectivity index (χ4n) is 3.55. The Morgan fingerprint density at radius 2 is 1.72 bits per heavy atom. The zero-order valence-corrected chi connectivity index (χ0v) is 18.0. The summed E-state index contributed by atoms with van der Waals surface area (Å²) in [7, 11) is 0. The summed E-state index contributed by atoms with van der Waals surface area (Å²) in [6.07, 6.45) is 3.23. The average molecular weight is 410 g/mol. The zero-order chi connectivity index (χ0) is 21.0. The molecule has 0 aromatic heterocycles. The smallest absolute Gasteiger partial charge is 0.272 e. The maximum atomic E-state index is 13.4. The van der Waals surface area contributed by atoms with E-state index in [0.717, 1.165) is 36.0 Å². The van der Waals surface area contributed by atoms with Gasteiger partial charge >= 0.3 is 0 Å². The van der Waals surface area contributed by atoms with Crippen molar-refractivity contribution in [2.45, 2.75) is 40.0 Å². The average Bonchev–Trinajstić information content (AvgIpc) is 2.95. The third kappa shape index (κ3) is 4.46. The van der Waals surface area contributed by atoms with Crippen LogP contribution >= 0.6 is 11.8 Å². The number of carbonyl (C=O) groups is 2. The van der Waals surface area contributed by atoms with Crippen LogP contribution in [0.25, 0.3) is 5.57 Å². The van der Waals surface area contributed by atoms with Crippen LogP contribution in [0.4, 0.5) is 5.69 Å². The molecule has 1 heterocycles. The van der Waals surface area contributed by atoms with Crippen LogP contribution < -0.4 is 4.90 Å². The molecule has 0 spiro atoms. The summed E-state index contributed by atoms with van der Waals surface area (Å²) in [6.45, 7) is 6.05. The first kappa shape index (κ1) is 21.3. The number of aliphatic hydroxyl groups excluding tert-OH is 1. The monoisotopic (exact) mass is 409 g/mol. The first-order valence-electron chi connectivity index (χ1n) is 10.0. The number of imide groups is 1. The van der Waals surface area contributed by atoms with E-state index >= 15 is 0 Å². The van der Waals surface area contributed by atoms with Gasteiger partial charge in [0.25, 0.3) is 11.8 Å². The van der Waals surface area contributed by atoms with Crippen molar-refractivity contribution < 1.29 is 14.7 Å². The van der Waals surface area contributed by atoms with Crippen molar-refractivity contribution in [1.82, 2.24) is 0 Å². The minimum atomic E-state index is -0.315. The van der Waals surface area contributed by atoms with Crippen molar-refractivity contribution in [2.75, 3.05) is 17.3 Å². The quantitative estimate of drug-likeness (QED) is 0.645. The predicted molar refractivity (Wildman–Crippen MR) is 120 cm³/mol. The van der Waals surface area contributed by atoms with Crippen LogP contribution in [0.15, 0.2) is 47.4 Å². The molecule has 2 aromatic carbocycles. The Bertz CT molecular complexity index is 947. The number of amides is 2. The van der Waals surface area contributed by atoms with Crippen molar-refractivity contribution in [3.63, 3.8) is 0 Å². The third-order valence-corrected chi connectivity index (χ3v) is 6.10. The van der Waals surface area contributed by atoms with Crippen molar-refractivity contribution >= 4 is 34.8 Å². The number of aliphatic hydroxyl groups is 1. The second-order valence-corrected chi connectivity index (χ2v) is 8.42. The lowest BCUT2D eigenvalue weighted by Crippen LogP contribution is -2.31. The molecule has 3 rings (SSSR count). The van der Waals surface area contributed by atoms with Gasteiger partial charge in [0.05, 0.1) is 22.8 Å². The van der Waals surface area contributed by atoms with Crippen LogP contribution in [-0.2, 0) is 16.0 Å². The number of benzene rings is 2. The molecule has 0 bridgehead atoms. The lowest BCUT2D eigenvalue weighted by molar-refractivity contribution is -0.119. The second-order valence-electron chi connectivity index (χ2n) is 7.31. The van der Waals surface area contributed by atoms with Gasteiger partial charge in [-0.3, -0.25) is 9.59 Å². The Kier molecular flexibility index (Phi) is 6.93. The number of hydrogen-bond acceptors (Lipinski definition) is 4. The molecule has 0 unspecified atom stereocenters. The van der Waals surface area contributed by atoms with Gasteiger partial charge in [-0.15, -0.1) is 11.8 Å². The first-order valence-corrected chi connectivity index (χ1v) is 11.0. The van der Waals surface area contributed by atoms with Crippen LogP contribution in [-0.4, -0.2) is 29.3 Å². The minimum absolute atomic E-state index is 0.0536. The standard InChI is InChI=1S/C24H27NO3S/c1-4-5-6-18-8-10-19(11-9-18)25-23(27)21(22(24(25)28)29-14-13-26)20-12-7-16(2)15-17(20)3/h7-12,15,26H,4-6,13-14H2,1-3H3. The molecule has 5 heteroatoms. The highest BCUT2D eigenvalue weighted by molar-refractivity contribution is 8.04. The van der Waals surface area contributed by atoms with Crippen molar-refractivity contribution in [3.8, 4) is 0 Å². The highest BCUT2D eigenvalue weighted by Gasteiger charge is 2.40. The maximum absolute atomic E-state index is 13.4. The SMILES string of the molecule is CCCCc1ccc(N2C(=O)C(SCCO)=C(c3ccc(C)cc3C)C2=O)cc1. The van der Waals surface area contributed by atoms with E-state index in [1.54, 1.807) is 0 Å². The molecular weight excluding hydrogens is 382 g/mol. The van der Waals surface area contributed by atoms with Gasteiger partial charge in [0.15, 0.2) is 0 Å². The molecule has 0 radical (unpaired) electrons. The molecule has 152 valence electrons. The van der Waals surface area contributed by atoms with Crippen LogP contribution in [0.3, 0.4) is 0 Å². The van der Waals surface area contributed by atoms with Crippen molar-refractivity contribution in [3.05, 3.63) is 69.6 Å². The highest BCUT2D eigenvalue weighted by atomic mass is 32.2. The van der Waals surface area contributed by atoms with Crippen LogP contribution in [0, 0.1) is 13.8 Å². The molecule has 1 aliphatic heterocycles. The van der Waals surface area contributed by atoms with E-state index in [4.69, 9.17) is 0 Å². The summed E-state index contributed by atoms with van der Waals surface area (Å²) in [4.78, 5) is 28.2. The number of aryl methyl sites for hydroxylation is 3. The molecule has 2 aromatic rings. The number of anilines is 1. The molecule has 2 amide bonds. The van der Waals surface area contributed by atoms with Gasteiger partial charge in [-0.05, 0) is 55.5 Å². The lowest BCUT2D eigenvalue weighted by Gasteiger charge is -2.16. The summed E-state index contributed by atoms with van der Waals surface area (Å²) in [6, 6.07) is 13.5. The summed E-state index contributed by atoms with van der Waals surface area (Å²) in [5.74, 6) is -0.250. The molecule has 4 nitrogen and oxygen atoms in total. The summed E-state index contributed by atoms with van der Waals surface area (Å²) >= 11 is 1.24. The van der Waals surface area contributed by atoms with E-state index in [2.05, 4.69) is 6.92 Å². The van der Waals surface area contributed by atoms with E-state index in [1.807, 2.05) is 56.3 Å². The molecule has 0 aliphatic carbocycles. The van der Waals surface area contributed by atoms with E-state index in [0.29, 0.717) is 21.9 Å². The van der Waals surface area contributed by atoms with Gasteiger partial charge in [-0.2, -0.15) is 0 Å². The van der Waals surface area contributed by atoms with Crippen LogP contribution in [0.1, 0.15) is 42.0 Å². The number of thioether (sulfide) groups is 1. The summed E-state index contributed by atoms with van der Waals surface area (Å²) < 4.78 is 0. The van der Waals surface area contributed by atoms with E-state index < -0.39 is 0 Å². The molecule has 29 heavy (non-hydrogen) atoms. The first-order chi connectivity index (χ1) is 14.0. The Morgan fingerprint density at radius 3 is 2.34 bits per heavy atom. The normalized spacial score (nSPS) is 14.3. The van der Waals surface area contributed by atoms with Crippen LogP contribution in [0.5, 0.6) is 0 Å². The van der Waals surface area contributed by atoms with Crippen molar-refractivity contribution in [1.29, 1.82) is 0 Å². The number of nitrogens with zero attached hydrogens (tertiary/aromatic N) is 1. The summed E-state index contributed by atoms with van der Waals surface area (Å²) in [5.41, 5.74) is 5.06. The Hall–Kier alpha value is -2.37. The van der Waals surface area contributed by atoms with E-state index in [-0.39, 0.29) is 18.4 Å². The van der Waals surface area contributed by atoms with Gasteiger partial charge in [0, 0.05) is 5.75 Å². The molecule has 0 saturated carbocycles. The summed E-state index contributed by atoms with van der Waals surface area (Å²) in [5, 5.41) is 9.26. The molecule has 0 fully saturated rings. The van der Waals surface area contributed by atoms with Gasteiger partial charge in [0.1, 0.15) is 0 Å². The van der Waals surface area contributed by atoms with Crippen LogP contribution in [0.2, 0.25) is 0 Å². The van der Waals surface area contributed by atoms with E-state index in [1.165, 1.54) is 22.2 Å².